The minimum Gasteiger partial charge on any atom is -0.488 e. The maximum Gasteiger partial charge on any atom is 0.294 e. The van der Waals surface area contributed by atoms with E-state index in [9.17, 15) is 14.9 Å². The summed E-state index contributed by atoms with van der Waals surface area (Å²) in [6.45, 7) is 0.138. The fourth-order valence-corrected chi connectivity index (χ4v) is 3.75. The number of carbonyl (C=O) groups excluding carboxylic acids is 2. The first-order valence-electron chi connectivity index (χ1n) is 8.12. The summed E-state index contributed by atoms with van der Waals surface area (Å²) in [7, 11) is 0. The number of hydrogen-bond acceptors (Lipinski definition) is 5. The Bertz CT molecular complexity index is 1070. The molecule has 1 aliphatic rings. The second-order valence-electron chi connectivity index (χ2n) is 5.71. The lowest BCUT2D eigenvalue weighted by Crippen LogP contribution is -2.28. The molecule has 0 radical (unpaired) electrons. The van der Waals surface area contributed by atoms with E-state index in [0.717, 1.165) is 26.7 Å². The van der Waals surface area contributed by atoms with Crippen LogP contribution in [0.1, 0.15) is 16.7 Å². The van der Waals surface area contributed by atoms with Crippen LogP contribution in [0.2, 0.25) is 0 Å². The molecule has 2 aromatic rings. The molecule has 5 nitrogen and oxygen atoms in total. The normalized spacial score (nSPS) is 14.8. The number of carbonyl (C=O) groups is 2. The van der Waals surface area contributed by atoms with Crippen molar-refractivity contribution < 1.29 is 14.3 Å². The lowest BCUT2D eigenvalue weighted by Gasteiger charge is -2.11. The molecule has 138 valence electrons. The van der Waals surface area contributed by atoms with E-state index in [1.165, 1.54) is 0 Å². The van der Waals surface area contributed by atoms with Crippen LogP contribution in [0.5, 0.6) is 5.75 Å². The van der Waals surface area contributed by atoms with Crippen molar-refractivity contribution in [3.8, 4) is 24.2 Å². The summed E-state index contributed by atoms with van der Waals surface area (Å²) in [5.74, 6) is 2.41. The summed E-state index contributed by atoms with van der Waals surface area (Å²) in [6, 6.07) is 14.7. The zero-order chi connectivity index (χ0) is 20.1. The molecular weight excluding hydrogens is 440 g/mol. The van der Waals surface area contributed by atoms with Gasteiger partial charge in [-0.1, -0.05) is 40.0 Å². The van der Waals surface area contributed by atoms with Gasteiger partial charge in [0.15, 0.2) is 0 Å². The van der Waals surface area contributed by atoms with Crippen LogP contribution in [0.25, 0.3) is 6.08 Å². The molecule has 1 aliphatic heterocycles. The Kier molecular flexibility index (Phi) is 6.20. The smallest absolute Gasteiger partial charge is 0.294 e. The van der Waals surface area contributed by atoms with Crippen LogP contribution in [-0.4, -0.2) is 22.6 Å². The number of nitriles is 1. The van der Waals surface area contributed by atoms with Crippen molar-refractivity contribution in [1.29, 1.82) is 5.26 Å². The molecule has 28 heavy (non-hydrogen) atoms. The number of imide groups is 1. The fraction of sp³-hybridized carbons (Fsp3) is 0.0952. The summed E-state index contributed by atoms with van der Waals surface area (Å²) >= 11 is 4.25. The monoisotopic (exact) mass is 452 g/mol. The van der Waals surface area contributed by atoms with Crippen molar-refractivity contribution in [2.75, 3.05) is 6.54 Å². The number of nitrogens with zero attached hydrogens (tertiary/aromatic N) is 2. The second-order valence-corrected chi connectivity index (χ2v) is 7.62. The number of terminal acetylenes is 1. The predicted molar refractivity (Wildman–Crippen MR) is 111 cm³/mol. The molecule has 0 saturated carbocycles. The van der Waals surface area contributed by atoms with E-state index in [0.29, 0.717) is 16.9 Å². The van der Waals surface area contributed by atoms with E-state index in [-0.39, 0.29) is 18.1 Å². The highest BCUT2D eigenvalue weighted by molar-refractivity contribution is 9.10. The van der Waals surface area contributed by atoms with Crippen molar-refractivity contribution in [3.63, 3.8) is 0 Å². The Morgan fingerprint density at radius 1 is 1.25 bits per heavy atom. The average Bonchev–Trinajstić information content (AvgIpc) is 2.95. The number of ether oxygens (including phenoxy) is 1. The van der Waals surface area contributed by atoms with E-state index >= 15 is 0 Å². The van der Waals surface area contributed by atoms with E-state index in [4.69, 9.17) is 11.2 Å². The van der Waals surface area contributed by atoms with Crippen molar-refractivity contribution >= 4 is 44.9 Å². The van der Waals surface area contributed by atoms with Crippen molar-refractivity contribution in [2.24, 2.45) is 0 Å². The van der Waals surface area contributed by atoms with E-state index in [2.05, 4.69) is 27.9 Å². The van der Waals surface area contributed by atoms with Gasteiger partial charge in [-0.2, -0.15) is 5.26 Å². The minimum atomic E-state index is -0.422. The first kappa shape index (κ1) is 19.8. The molecular formula is C21H13BrN2O3S. The summed E-state index contributed by atoms with van der Waals surface area (Å²) < 4.78 is 6.70. The third-order valence-electron chi connectivity index (χ3n) is 3.90. The Hall–Kier alpha value is -3.00. The fourth-order valence-electron chi connectivity index (χ4n) is 2.54. The van der Waals surface area contributed by atoms with Crippen LogP contribution < -0.4 is 4.74 Å². The first-order chi connectivity index (χ1) is 13.5. The van der Waals surface area contributed by atoms with Gasteiger partial charge in [-0.15, -0.1) is 6.42 Å². The molecule has 0 aliphatic carbocycles. The zero-order valence-corrected chi connectivity index (χ0v) is 16.9. The summed E-state index contributed by atoms with van der Waals surface area (Å²) in [5.41, 5.74) is 1.93. The highest BCUT2D eigenvalue weighted by Crippen LogP contribution is 2.35. The van der Waals surface area contributed by atoms with E-state index in [1.807, 2.05) is 18.2 Å². The van der Waals surface area contributed by atoms with E-state index in [1.54, 1.807) is 30.3 Å². The largest absolute Gasteiger partial charge is 0.488 e. The standard InChI is InChI=1S/C21H13BrN2O3S/c1-2-9-24-20(25)19(28-21(24)26)11-16-10-17(22)7-8-18(16)27-13-15-6-4-3-5-14(15)12-23/h1,3-8,10-11H,9,13H2/b19-11+. The highest BCUT2D eigenvalue weighted by Gasteiger charge is 2.34. The number of rotatable bonds is 5. The molecule has 2 amide bonds. The quantitative estimate of drug-likeness (QED) is 0.490. The number of halogens is 1. The molecule has 0 aromatic heterocycles. The van der Waals surface area contributed by atoms with Crippen LogP contribution in [0.4, 0.5) is 4.79 Å². The van der Waals surface area contributed by atoms with Crippen molar-refractivity contribution in [1.82, 2.24) is 4.90 Å². The Morgan fingerprint density at radius 3 is 2.79 bits per heavy atom. The Balaban J connectivity index is 1.88. The van der Waals surface area contributed by atoms with Crippen LogP contribution in [-0.2, 0) is 11.4 Å². The molecule has 0 N–H and O–H groups in total. The maximum absolute atomic E-state index is 12.4. The number of benzene rings is 2. The van der Waals surface area contributed by atoms with Gasteiger partial charge in [-0.05, 0) is 42.1 Å². The Morgan fingerprint density at radius 2 is 2.04 bits per heavy atom. The average molecular weight is 453 g/mol. The predicted octanol–water partition coefficient (Wildman–Crippen LogP) is 4.57. The SMILES string of the molecule is C#CCN1C(=O)S/C(=C/c2cc(Br)ccc2OCc2ccccc2C#N)C1=O. The van der Waals surface area contributed by atoms with Gasteiger partial charge in [0.1, 0.15) is 12.4 Å². The number of amides is 2. The highest BCUT2D eigenvalue weighted by atomic mass is 79.9. The third kappa shape index (κ3) is 4.28. The lowest BCUT2D eigenvalue weighted by atomic mass is 10.1. The van der Waals surface area contributed by atoms with Crippen molar-refractivity contribution in [2.45, 2.75) is 6.61 Å². The van der Waals surface area contributed by atoms with Crippen LogP contribution in [0.3, 0.4) is 0 Å². The van der Waals surface area contributed by atoms with Gasteiger partial charge in [-0.3, -0.25) is 14.5 Å². The molecule has 0 atom stereocenters. The molecule has 1 saturated heterocycles. The molecule has 0 unspecified atom stereocenters. The van der Waals surface area contributed by atoms with Gasteiger partial charge < -0.3 is 4.74 Å². The van der Waals surface area contributed by atoms with Gasteiger partial charge in [-0.25, -0.2) is 0 Å². The van der Waals surface area contributed by atoms with Crippen LogP contribution >= 0.6 is 27.7 Å². The molecule has 1 heterocycles. The summed E-state index contributed by atoms with van der Waals surface area (Å²) in [4.78, 5) is 25.7. The van der Waals surface area contributed by atoms with Gasteiger partial charge in [0, 0.05) is 15.6 Å². The molecule has 0 spiro atoms. The lowest BCUT2D eigenvalue weighted by molar-refractivity contribution is -0.122. The summed E-state index contributed by atoms with van der Waals surface area (Å²) in [6.07, 6.45) is 6.83. The van der Waals surface area contributed by atoms with E-state index < -0.39 is 11.1 Å². The Labute approximate surface area is 175 Å². The molecule has 7 heteroatoms. The molecule has 3 rings (SSSR count). The first-order valence-corrected chi connectivity index (χ1v) is 9.73. The second kappa shape index (κ2) is 8.79. The zero-order valence-electron chi connectivity index (χ0n) is 14.5. The van der Waals surface area contributed by atoms with Crippen LogP contribution in [0, 0.1) is 23.7 Å². The van der Waals surface area contributed by atoms with Gasteiger partial charge in [0.25, 0.3) is 11.1 Å². The van der Waals surface area contributed by atoms with Gasteiger partial charge in [0.05, 0.1) is 23.1 Å². The van der Waals surface area contributed by atoms with Crippen molar-refractivity contribution in [3.05, 3.63) is 68.5 Å². The van der Waals surface area contributed by atoms with Gasteiger partial charge >= 0.3 is 0 Å². The minimum absolute atomic E-state index is 0.0607. The third-order valence-corrected chi connectivity index (χ3v) is 5.30. The maximum atomic E-state index is 12.4. The summed E-state index contributed by atoms with van der Waals surface area (Å²) in [5, 5.41) is 8.81. The van der Waals surface area contributed by atoms with Crippen LogP contribution in [0.15, 0.2) is 51.8 Å². The van der Waals surface area contributed by atoms with Gasteiger partial charge in [0.2, 0.25) is 0 Å². The topological polar surface area (TPSA) is 70.4 Å². The number of hydrogen-bond donors (Lipinski definition) is 0. The molecule has 2 aromatic carbocycles. The molecule has 0 bridgehead atoms. The molecule has 1 fully saturated rings. The number of thioether (sulfide) groups is 1.